The van der Waals surface area contributed by atoms with Crippen molar-refractivity contribution in [3.05, 3.63) is 23.6 Å². The van der Waals surface area contributed by atoms with Gasteiger partial charge in [0.25, 0.3) is 0 Å². The Morgan fingerprint density at radius 2 is 2.27 bits per heavy atom. The van der Waals surface area contributed by atoms with Crippen molar-refractivity contribution in [3.8, 4) is 0 Å². The van der Waals surface area contributed by atoms with Gasteiger partial charge in [-0.15, -0.1) is 5.10 Å². The van der Waals surface area contributed by atoms with E-state index in [2.05, 4.69) is 10.1 Å². The fourth-order valence-electron chi connectivity index (χ4n) is 0.872. The third-order valence-electron chi connectivity index (χ3n) is 1.33. The van der Waals surface area contributed by atoms with Crippen LogP contribution in [0.2, 0.25) is 5.28 Å². The summed E-state index contributed by atoms with van der Waals surface area (Å²) in [6.45, 7) is 0. The van der Waals surface area contributed by atoms with Crippen LogP contribution >= 0.6 is 11.6 Å². The van der Waals surface area contributed by atoms with E-state index in [0.29, 0.717) is 11.3 Å². The third kappa shape index (κ3) is 1.01. The van der Waals surface area contributed by atoms with Crippen LogP contribution in [-0.4, -0.2) is 14.6 Å². The summed E-state index contributed by atoms with van der Waals surface area (Å²) in [6, 6.07) is 3.51. The number of nitrogens with zero attached hydrogens (tertiary/aromatic N) is 3. The van der Waals surface area contributed by atoms with Crippen molar-refractivity contribution >= 4 is 22.9 Å². The second kappa shape index (κ2) is 2.10. The molecule has 2 aromatic rings. The largest absolute Gasteiger partial charge is 0.397 e. The molecule has 0 aliphatic heterocycles. The highest BCUT2D eigenvalue weighted by molar-refractivity contribution is 6.28. The number of fused-ring (bicyclic) bond motifs is 1. The second-order valence-corrected chi connectivity index (χ2v) is 2.48. The Kier molecular flexibility index (Phi) is 1.22. The Balaban J connectivity index is 2.82. The molecule has 2 heterocycles. The molecular weight excluding hydrogens is 164 g/mol. The maximum atomic E-state index is 5.55. The third-order valence-corrected chi connectivity index (χ3v) is 1.49. The summed E-state index contributed by atoms with van der Waals surface area (Å²) in [7, 11) is 0. The molecule has 11 heavy (non-hydrogen) atoms. The van der Waals surface area contributed by atoms with Gasteiger partial charge < -0.3 is 5.73 Å². The fraction of sp³-hybridized carbons (Fsp3) is 0. The van der Waals surface area contributed by atoms with Crippen molar-refractivity contribution in [2.24, 2.45) is 0 Å². The number of anilines is 1. The van der Waals surface area contributed by atoms with Gasteiger partial charge in [0.15, 0.2) is 5.65 Å². The topological polar surface area (TPSA) is 56.2 Å². The molecule has 2 rings (SSSR count). The molecule has 2 aromatic heterocycles. The van der Waals surface area contributed by atoms with Gasteiger partial charge in [0, 0.05) is 0 Å². The summed E-state index contributed by atoms with van der Waals surface area (Å²) in [4.78, 5) is 3.92. The molecule has 0 amide bonds. The smallest absolute Gasteiger partial charge is 0.243 e. The Morgan fingerprint density at radius 1 is 1.45 bits per heavy atom. The zero-order chi connectivity index (χ0) is 7.84. The zero-order valence-corrected chi connectivity index (χ0v) is 6.28. The first-order valence-corrected chi connectivity index (χ1v) is 3.41. The van der Waals surface area contributed by atoms with Crippen molar-refractivity contribution in [3.63, 3.8) is 0 Å². The van der Waals surface area contributed by atoms with Crippen LogP contribution in [0.5, 0.6) is 0 Å². The molecule has 0 saturated carbocycles. The summed E-state index contributed by atoms with van der Waals surface area (Å²) in [5.74, 6) is 0. The molecule has 0 spiro atoms. The summed E-state index contributed by atoms with van der Waals surface area (Å²) in [5.41, 5.74) is 6.84. The van der Waals surface area contributed by atoms with Gasteiger partial charge in [0.05, 0.1) is 11.9 Å². The Morgan fingerprint density at radius 3 is 3.09 bits per heavy atom. The molecule has 2 N–H and O–H groups in total. The number of hydrogen-bond acceptors (Lipinski definition) is 3. The van der Waals surface area contributed by atoms with Crippen molar-refractivity contribution in [1.82, 2.24) is 14.6 Å². The van der Waals surface area contributed by atoms with E-state index in [1.165, 1.54) is 4.52 Å². The van der Waals surface area contributed by atoms with E-state index < -0.39 is 0 Å². The van der Waals surface area contributed by atoms with E-state index in [0.717, 1.165) is 0 Å². The number of rotatable bonds is 0. The van der Waals surface area contributed by atoms with Crippen LogP contribution < -0.4 is 5.73 Å². The lowest BCUT2D eigenvalue weighted by atomic mass is 10.4. The Labute approximate surface area is 67.6 Å². The van der Waals surface area contributed by atoms with Crippen LogP contribution in [0.15, 0.2) is 18.3 Å². The molecule has 4 nitrogen and oxygen atoms in total. The highest BCUT2D eigenvalue weighted by atomic mass is 35.5. The van der Waals surface area contributed by atoms with Crippen molar-refractivity contribution in [2.75, 3.05) is 5.73 Å². The van der Waals surface area contributed by atoms with Gasteiger partial charge in [-0.2, -0.15) is 4.98 Å². The van der Waals surface area contributed by atoms with E-state index >= 15 is 0 Å². The minimum absolute atomic E-state index is 0.232. The molecule has 0 bridgehead atoms. The molecule has 0 aliphatic rings. The molecule has 5 heteroatoms. The maximum Gasteiger partial charge on any atom is 0.243 e. The van der Waals surface area contributed by atoms with Crippen molar-refractivity contribution in [2.45, 2.75) is 0 Å². The highest BCUT2D eigenvalue weighted by Gasteiger charge is 1.98. The average Bonchev–Trinajstić information content (AvgIpc) is 2.27. The molecule has 0 aliphatic carbocycles. The second-order valence-electron chi connectivity index (χ2n) is 2.15. The van der Waals surface area contributed by atoms with Crippen LogP contribution in [0.3, 0.4) is 0 Å². The van der Waals surface area contributed by atoms with Gasteiger partial charge in [0.1, 0.15) is 0 Å². The number of nitrogens with two attached hydrogens (primary N) is 1. The van der Waals surface area contributed by atoms with Crippen molar-refractivity contribution < 1.29 is 0 Å². The molecular formula is C6H5ClN4. The number of aromatic nitrogens is 3. The SMILES string of the molecule is Nc1ccc2nc(Cl)nn2c1. The predicted octanol–water partition coefficient (Wildman–Crippen LogP) is 0.965. The summed E-state index contributed by atoms with van der Waals surface area (Å²) >= 11 is 5.55. The van der Waals surface area contributed by atoms with Gasteiger partial charge in [-0.1, -0.05) is 0 Å². The van der Waals surface area contributed by atoms with Crippen LogP contribution in [-0.2, 0) is 0 Å². The molecule has 0 saturated heterocycles. The van der Waals surface area contributed by atoms with E-state index in [1.807, 2.05) is 0 Å². The van der Waals surface area contributed by atoms with Gasteiger partial charge in [0.2, 0.25) is 5.28 Å². The number of hydrogen-bond donors (Lipinski definition) is 1. The number of pyridine rings is 1. The van der Waals surface area contributed by atoms with Crippen LogP contribution in [0.4, 0.5) is 5.69 Å². The summed E-state index contributed by atoms with van der Waals surface area (Å²) in [5, 5.41) is 4.10. The molecule has 0 fully saturated rings. The lowest BCUT2D eigenvalue weighted by Gasteiger charge is -1.91. The Bertz CT molecular complexity index is 394. The first kappa shape index (κ1) is 6.42. The average molecular weight is 169 g/mol. The molecule has 0 unspecified atom stereocenters. The molecule has 0 aromatic carbocycles. The lowest BCUT2D eigenvalue weighted by molar-refractivity contribution is 0.964. The van der Waals surface area contributed by atoms with Gasteiger partial charge >= 0.3 is 0 Å². The summed E-state index contributed by atoms with van der Waals surface area (Å²) < 4.78 is 1.54. The fourth-order valence-corrected chi connectivity index (χ4v) is 1.04. The van der Waals surface area contributed by atoms with Gasteiger partial charge in [-0.3, -0.25) is 0 Å². The Hall–Kier alpha value is -1.29. The van der Waals surface area contributed by atoms with Gasteiger partial charge in [-0.05, 0) is 23.7 Å². The number of nitrogen functional groups attached to an aromatic ring is 1. The first-order chi connectivity index (χ1) is 5.25. The quantitative estimate of drug-likeness (QED) is 0.638. The molecule has 0 atom stereocenters. The minimum Gasteiger partial charge on any atom is -0.397 e. The monoisotopic (exact) mass is 168 g/mol. The molecule has 56 valence electrons. The van der Waals surface area contributed by atoms with E-state index in [9.17, 15) is 0 Å². The summed E-state index contributed by atoms with van der Waals surface area (Å²) in [6.07, 6.45) is 1.66. The van der Waals surface area contributed by atoms with E-state index in [1.54, 1.807) is 18.3 Å². The van der Waals surface area contributed by atoms with Crippen LogP contribution in [0.25, 0.3) is 5.65 Å². The zero-order valence-electron chi connectivity index (χ0n) is 5.53. The van der Waals surface area contributed by atoms with Gasteiger partial charge in [-0.25, -0.2) is 4.52 Å². The van der Waals surface area contributed by atoms with Crippen LogP contribution in [0.1, 0.15) is 0 Å². The standard InChI is InChI=1S/C6H5ClN4/c7-6-9-5-2-1-4(8)3-11(5)10-6/h1-3H,8H2. The van der Waals surface area contributed by atoms with Crippen LogP contribution in [0, 0.1) is 0 Å². The maximum absolute atomic E-state index is 5.55. The van der Waals surface area contributed by atoms with E-state index in [-0.39, 0.29) is 5.28 Å². The van der Waals surface area contributed by atoms with Crippen molar-refractivity contribution in [1.29, 1.82) is 0 Å². The highest BCUT2D eigenvalue weighted by Crippen LogP contribution is 2.07. The molecule has 0 radical (unpaired) electrons. The normalized spacial score (nSPS) is 10.6. The minimum atomic E-state index is 0.232. The first-order valence-electron chi connectivity index (χ1n) is 3.03. The predicted molar refractivity (Wildman–Crippen MR) is 42.4 cm³/mol. The number of halogens is 1. The van der Waals surface area contributed by atoms with E-state index in [4.69, 9.17) is 17.3 Å². The lowest BCUT2D eigenvalue weighted by Crippen LogP contribution is -1.90.